The number of nitrogens with zero attached hydrogens (tertiary/aromatic N) is 3. The maximum atomic E-state index is 13.8. The maximum Gasteiger partial charge on any atom is 0.170 e. The molecule has 0 radical (unpaired) electrons. The zero-order chi connectivity index (χ0) is 28.0. The van der Waals surface area contributed by atoms with E-state index in [1.165, 1.54) is 12.1 Å². The van der Waals surface area contributed by atoms with Crippen LogP contribution in [0.2, 0.25) is 0 Å². The Morgan fingerprint density at radius 3 is 2.75 bits per heavy atom. The number of rotatable bonds is 6. The highest BCUT2D eigenvalue weighted by Crippen LogP contribution is 2.75. The third kappa shape index (κ3) is 3.47. The normalized spacial score (nSPS) is 41.2. The zero-order valence-corrected chi connectivity index (χ0v) is 23.1. The number of halogens is 1. The molecule has 0 unspecified atom stereocenters. The van der Waals surface area contributed by atoms with E-state index in [0.29, 0.717) is 38.0 Å². The molecule has 3 heterocycles. The van der Waals surface area contributed by atoms with Gasteiger partial charge in [-0.1, -0.05) is 44.2 Å². The van der Waals surface area contributed by atoms with E-state index in [2.05, 4.69) is 30.7 Å². The minimum Gasteiger partial charge on any atom is -0.393 e. The summed E-state index contributed by atoms with van der Waals surface area (Å²) >= 11 is 0. The smallest absolute Gasteiger partial charge is 0.170 e. The lowest BCUT2D eigenvalue weighted by Crippen LogP contribution is -2.78. The molecule has 2 spiro atoms. The second-order valence-corrected chi connectivity index (χ2v) is 13.5. The lowest BCUT2D eigenvalue weighted by atomic mass is 9.37. The Bertz CT molecular complexity index is 1340. The second-order valence-electron chi connectivity index (χ2n) is 13.5. The molecule has 9 heteroatoms. The number of fused-ring (bicyclic) bond motifs is 2. The predicted octanol–water partition coefficient (Wildman–Crippen LogP) is 3.45. The molecule has 9 atom stereocenters. The van der Waals surface area contributed by atoms with Crippen LogP contribution in [0.3, 0.4) is 0 Å². The Balaban J connectivity index is 1.14. The van der Waals surface area contributed by atoms with E-state index in [0.717, 1.165) is 30.5 Å². The van der Waals surface area contributed by atoms with E-state index in [-0.39, 0.29) is 22.9 Å². The van der Waals surface area contributed by atoms with Crippen molar-refractivity contribution in [2.75, 3.05) is 6.61 Å². The molecule has 6 aliphatic rings. The lowest BCUT2D eigenvalue weighted by molar-refractivity contribution is -0.401. The van der Waals surface area contributed by atoms with Crippen molar-refractivity contribution in [3.63, 3.8) is 0 Å². The minimum atomic E-state index is -1.15. The molecule has 2 aromatic rings. The van der Waals surface area contributed by atoms with Crippen LogP contribution in [-0.4, -0.2) is 62.2 Å². The SMILES string of the molecule is C=C1C(=O)[C@]23[C@H](O)[C@H]1C[C@H](O)[C@H]2[C@]12CCCC(C)(C)[C@H]1C[C@H]3O[C@@H]2OCCc1cn(Cc2ccc(F)cc2)nn1. The van der Waals surface area contributed by atoms with Gasteiger partial charge in [-0.05, 0) is 60.3 Å². The molecule has 1 aromatic heterocycles. The monoisotopic (exact) mass is 551 g/mol. The molecule has 8 nitrogen and oxygen atoms in total. The Labute approximate surface area is 233 Å². The molecular formula is C31H38FN3O5. The van der Waals surface area contributed by atoms with Crippen molar-refractivity contribution in [3.8, 4) is 0 Å². The number of carbonyl (C=O) groups excluding carboxylic acids is 1. The Morgan fingerprint density at radius 1 is 1.20 bits per heavy atom. The van der Waals surface area contributed by atoms with Gasteiger partial charge in [-0.3, -0.25) is 4.79 Å². The molecule has 4 aliphatic carbocycles. The molecule has 0 amide bonds. The summed E-state index contributed by atoms with van der Waals surface area (Å²) in [6, 6.07) is 6.32. The summed E-state index contributed by atoms with van der Waals surface area (Å²) in [7, 11) is 0. The first-order chi connectivity index (χ1) is 19.1. The molecule has 214 valence electrons. The van der Waals surface area contributed by atoms with Gasteiger partial charge >= 0.3 is 0 Å². The van der Waals surface area contributed by atoms with Crippen LogP contribution in [-0.2, 0) is 27.2 Å². The van der Waals surface area contributed by atoms with Crippen LogP contribution in [0.25, 0.3) is 0 Å². The number of hydrogen-bond acceptors (Lipinski definition) is 7. The molecule has 2 N–H and O–H groups in total. The van der Waals surface area contributed by atoms with Gasteiger partial charge in [0.05, 0.1) is 42.6 Å². The summed E-state index contributed by atoms with van der Waals surface area (Å²) in [4.78, 5) is 13.8. The average molecular weight is 552 g/mol. The second kappa shape index (κ2) is 9.02. The van der Waals surface area contributed by atoms with Crippen molar-refractivity contribution in [1.82, 2.24) is 15.0 Å². The minimum absolute atomic E-state index is 0.00721. The number of benzene rings is 1. The maximum absolute atomic E-state index is 13.8. The number of ether oxygens (including phenoxy) is 2. The van der Waals surface area contributed by atoms with Crippen LogP contribution >= 0.6 is 0 Å². The number of ketones is 1. The number of aliphatic hydroxyl groups excluding tert-OH is 2. The van der Waals surface area contributed by atoms with Crippen molar-refractivity contribution in [2.45, 2.75) is 83.5 Å². The third-order valence-corrected chi connectivity index (χ3v) is 11.2. The first kappa shape index (κ1) is 26.4. The quantitative estimate of drug-likeness (QED) is 0.530. The van der Waals surface area contributed by atoms with Crippen LogP contribution in [0.5, 0.6) is 0 Å². The summed E-state index contributed by atoms with van der Waals surface area (Å²) in [5.41, 5.74) is 0.408. The molecule has 2 aliphatic heterocycles. The molecule has 4 saturated carbocycles. The van der Waals surface area contributed by atoms with Crippen LogP contribution in [0.4, 0.5) is 4.39 Å². The summed E-state index contributed by atoms with van der Waals surface area (Å²) in [5, 5.41) is 31.7. The van der Waals surface area contributed by atoms with Crippen molar-refractivity contribution in [1.29, 1.82) is 0 Å². The Morgan fingerprint density at radius 2 is 1.98 bits per heavy atom. The van der Waals surface area contributed by atoms with Gasteiger partial charge in [0.15, 0.2) is 12.1 Å². The molecular weight excluding hydrogens is 513 g/mol. The van der Waals surface area contributed by atoms with Crippen molar-refractivity contribution in [3.05, 3.63) is 59.7 Å². The molecule has 40 heavy (non-hydrogen) atoms. The predicted molar refractivity (Wildman–Crippen MR) is 142 cm³/mol. The van der Waals surface area contributed by atoms with E-state index in [1.54, 1.807) is 16.8 Å². The summed E-state index contributed by atoms with van der Waals surface area (Å²) in [6.45, 7) is 9.47. The van der Waals surface area contributed by atoms with Gasteiger partial charge in [0.2, 0.25) is 0 Å². The fourth-order valence-electron chi connectivity index (χ4n) is 9.65. The highest BCUT2D eigenvalue weighted by Gasteiger charge is 2.81. The van der Waals surface area contributed by atoms with Gasteiger partial charge < -0.3 is 19.7 Å². The molecule has 6 fully saturated rings. The third-order valence-electron chi connectivity index (χ3n) is 11.2. The molecule has 8 rings (SSSR count). The average Bonchev–Trinajstić information content (AvgIpc) is 3.40. The van der Waals surface area contributed by atoms with Gasteiger partial charge in [0, 0.05) is 29.9 Å². The van der Waals surface area contributed by atoms with Gasteiger partial charge in [0.1, 0.15) is 5.82 Å². The van der Waals surface area contributed by atoms with Crippen molar-refractivity contribution in [2.24, 2.45) is 34.0 Å². The summed E-state index contributed by atoms with van der Waals surface area (Å²) < 4.78 is 28.2. The van der Waals surface area contributed by atoms with Gasteiger partial charge in [-0.25, -0.2) is 9.07 Å². The first-order valence-corrected chi connectivity index (χ1v) is 14.6. The number of Topliss-reactive ketones (excluding diaryl/α,β-unsaturated/α-hetero) is 1. The topological polar surface area (TPSA) is 107 Å². The highest BCUT2D eigenvalue weighted by molar-refractivity contribution is 6.04. The van der Waals surface area contributed by atoms with Gasteiger partial charge in [-0.15, -0.1) is 5.10 Å². The number of aliphatic hydroxyl groups is 2. The fraction of sp³-hybridized carbons (Fsp3) is 0.645. The van der Waals surface area contributed by atoms with E-state index < -0.39 is 47.3 Å². The molecule has 4 bridgehead atoms. The fourth-order valence-corrected chi connectivity index (χ4v) is 9.65. The van der Waals surface area contributed by atoms with E-state index in [1.807, 2.05) is 6.20 Å². The van der Waals surface area contributed by atoms with Crippen molar-refractivity contribution < 1.29 is 28.9 Å². The molecule has 2 saturated heterocycles. The largest absolute Gasteiger partial charge is 0.393 e. The Kier molecular flexibility index (Phi) is 5.96. The van der Waals surface area contributed by atoms with Crippen molar-refractivity contribution >= 4 is 5.78 Å². The number of aromatic nitrogens is 3. The van der Waals surface area contributed by atoms with Gasteiger partial charge in [-0.2, -0.15) is 0 Å². The summed E-state index contributed by atoms with van der Waals surface area (Å²) in [6.07, 6.45) is 3.50. The van der Waals surface area contributed by atoms with Gasteiger partial charge in [0.25, 0.3) is 0 Å². The van der Waals surface area contributed by atoms with E-state index >= 15 is 0 Å². The van der Waals surface area contributed by atoms with E-state index in [9.17, 15) is 19.4 Å². The standard InChI is InChI=1S/C31H38FN3O5/c1-17-21-13-22(36)25-30-11-4-10-29(2,3)23(30)14-24(31(25,26(17)37)27(21)38)40-28(30)39-12-9-20-16-35(34-33-20)15-18-5-7-19(32)8-6-18/h5-8,16,21-25,27-28,36,38H,1,4,9-15H2,2-3H3/t21-,22-,23+,24+,25-,27+,28-,30-,31+/m0/s1. The Hall–Kier alpha value is -2.46. The zero-order valence-electron chi connectivity index (χ0n) is 23.1. The van der Waals surface area contributed by atoms with Crippen LogP contribution in [0.1, 0.15) is 57.2 Å². The number of carbonyl (C=O) groups is 1. The number of hydrogen-bond donors (Lipinski definition) is 2. The first-order valence-electron chi connectivity index (χ1n) is 14.6. The van der Waals surface area contributed by atoms with Crippen LogP contribution in [0.15, 0.2) is 42.6 Å². The van der Waals surface area contributed by atoms with E-state index in [4.69, 9.17) is 9.47 Å². The highest BCUT2D eigenvalue weighted by atomic mass is 19.1. The van der Waals surface area contributed by atoms with Crippen LogP contribution < -0.4 is 0 Å². The lowest BCUT2D eigenvalue weighted by Gasteiger charge is -2.72. The summed E-state index contributed by atoms with van der Waals surface area (Å²) in [5.74, 6) is -1.04. The molecule has 1 aromatic carbocycles. The van der Waals surface area contributed by atoms with Crippen LogP contribution in [0, 0.1) is 39.8 Å².